The lowest BCUT2D eigenvalue weighted by atomic mass is 9.61. The Hall–Kier alpha value is -1.59. The molecule has 2 aliphatic heterocycles. The first-order valence-electron chi connectivity index (χ1n) is 11.7. The van der Waals surface area contributed by atoms with Crippen molar-refractivity contribution in [3.8, 4) is 5.75 Å². The molecule has 1 saturated carbocycles. The molecule has 0 unspecified atom stereocenters. The molecule has 2 bridgehead atoms. The predicted molar refractivity (Wildman–Crippen MR) is 130 cm³/mol. The average molecular weight is 503 g/mol. The summed E-state index contributed by atoms with van der Waals surface area (Å²) in [6, 6.07) is 5.04. The summed E-state index contributed by atoms with van der Waals surface area (Å²) in [4.78, 5) is 13.3. The lowest BCUT2D eigenvalue weighted by molar-refractivity contribution is 0.0343. The summed E-state index contributed by atoms with van der Waals surface area (Å²) in [5.41, 5.74) is 3.11. The Labute approximate surface area is 200 Å². The number of esters is 1. The van der Waals surface area contributed by atoms with Crippen molar-refractivity contribution < 1.29 is 19.4 Å². The van der Waals surface area contributed by atoms with Gasteiger partial charge in [0, 0.05) is 4.83 Å². The van der Waals surface area contributed by atoms with Crippen molar-refractivity contribution in [3.05, 3.63) is 53.6 Å². The van der Waals surface area contributed by atoms with Gasteiger partial charge in [0.1, 0.15) is 11.9 Å². The van der Waals surface area contributed by atoms with Gasteiger partial charge < -0.3 is 14.6 Å². The molecule has 1 N–H and O–H groups in total. The third kappa shape index (κ3) is 4.43. The van der Waals surface area contributed by atoms with Crippen molar-refractivity contribution in [2.75, 3.05) is 0 Å². The van der Waals surface area contributed by atoms with E-state index in [0.29, 0.717) is 23.2 Å². The fourth-order valence-corrected chi connectivity index (χ4v) is 6.42. The number of aromatic hydroxyl groups is 1. The zero-order valence-corrected chi connectivity index (χ0v) is 21.0. The number of epoxide rings is 1. The number of phenolic OH excluding ortho intramolecular Hbond substituents is 1. The molecule has 0 radical (unpaired) electrons. The van der Waals surface area contributed by atoms with Crippen LogP contribution in [-0.4, -0.2) is 33.7 Å². The number of ether oxygens (including phenoxy) is 2. The maximum Gasteiger partial charge on any atom is 0.338 e. The Morgan fingerprint density at radius 1 is 1.22 bits per heavy atom. The Morgan fingerprint density at radius 3 is 2.69 bits per heavy atom. The van der Waals surface area contributed by atoms with Crippen molar-refractivity contribution in [2.45, 2.75) is 88.4 Å². The lowest BCUT2D eigenvalue weighted by Crippen LogP contribution is -2.42. The zero-order chi connectivity index (χ0) is 23.3. The number of carbonyl (C=O) groups excluding carboxylic acids is 1. The highest BCUT2D eigenvalue weighted by Crippen LogP contribution is 2.54. The molecule has 4 rings (SSSR count). The minimum Gasteiger partial charge on any atom is -0.508 e. The molecular formula is C27H35BrO4. The van der Waals surface area contributed by atoms with E-state index in [1.54, 1.807) is 18.2 Å². The molecule has 0 amide bonds. The van der Waals surface area contributed by atoms with Gasteiger partial charge in [0.05, 0.1) is 17.3 Å². The standard InChI is InChI=1S/C27H35BrO4/c1-16(2)22-10-13-27(5)24(32-27)11-12-26(4)20(17(3)6-9-23(26)28)15-19-14-18(25(30)31-22)7-8-21(19)29/h7-8,14,20,22-24,29H,1,3,6,9-13,15H2,2,4-5H3/t20-,22+,23+,24-,26+,27+/m1/s1. The van der Waals surface area contributed by atoms with Gasteiger partial charge in [-0.3, -0.25) is 0 Å². The van der Waals surface area contributed by atoms with Gasteiger partial charge in [-0.25, -0.2) is 4.79 Å². The summed E-state index contributed by atoms with van der Waals surface area (Å²) < 4.78 is 12.0. The molecule has 0 aromatic heterocycles. The monoisotopic (exact) mass is 502 g/mol. The van der Waals surface area contributed by atoms with Crippen LogP contribution in [0.5, 0.6) is 5.75 Å². The van der Waals surface area contributed by atoms with Crippen molar-refractivity contribution >= 4 is 21.9 Å². The number of benzene rings is 1. The average Bonchev–Trinajstić information content (AvgIpc) is 3.40. The second-order valence-electron chi connectivity index (χ2n) is 10.5. The van der Waals surface area contributed by atoms with Crippen molar-refractivity contribution in [2.24, 2.45) is 11.3 Å². The zero-order valence-electron chi connectivity index (χ0n) is 19.5. The normalized spacial score (nSPS) is 37.9. The van der Waals surface area contributed by atoms with E-state index in [1.807, 2.05) is 6.92 Å². The Morgan fingerprint density at radius 2 is 1.97 bits per heavy atom. The molecule has 174 valence electrons. The summed E-state index contributed by atoms with van der Waals surface area (Å²) in [6.45, 7) is 14.9. The molecule has 32 heavy (non-hydrogen) atoms. The number of phenols is 1. The smallest absolute Gasteiger partial charge is 0.338 e. The molecule has 3 aliphatic rings. The van der Waals surface area contributed by atoms with Gasteiger partial charge in [-0.05, 0) is 99.5 Å². The molecule has 1 aromatic rings. The van der Waals surface area contributed by atoms with E-state index >= 15 is 0 Å². The van der Waals surface area contributed by atoms with E-state index in [-0.39, 0.29) is 40.9 Å². The predicted octanol–water partition coefficient (Wildman–Crippen LogP) is 6.50. The molecule has 2 heterocycles. The number of rotatable bonds is 1. The summed E-state index contributed by atoms with van der Waals surface area (Å²) >= 11 is 3.98. The third-order valence-corrected chi connectivity index (χ3v) is 9.65. The third-order valence-electron chi connectivity index (χ3n) is 8.14. The number of hydrogen-bond acceptors (Lipinski definition) is 4. The van der Waals surface area contributed by atoms with Crippen LogP contribution in [-0.2, 0) is 15.9 Å². The maximum absolute atomic E-state index is 13.0. The van der Waals surface area contributed by atoms with Gasteiger partial charge in [0.2, 0.25) is 0 Å². The SMILES string of the molecule is C=C(C)[C@@H]1CC[C@]2(C)O[C@@H]2CC[C@@]2(C)[C@H](Cc3cc(ccc3O)C(=O)O1)C(=C)CC[C@@H]2Br. The molecule has 1 saturated heterocycles. The first kappa shape index (κ1) is 23.6. The minimum absolute atomic E-state index is 0.00837. The van der Waals surface area contributed by atoms with Crippen LogP contribution in [0.3, 0.4) is 0 Å². The number of alkyl halides is 1. The topological polar surface area (TPSA) is 59.1 Å². The van der Waals surface area contributed by atoms with Crippen molar-refractivity contribution in [1.82, 2.24) is 0 Å². The molecule has 6 atom stereocenters. The highest BCUT2D eigenvalue weighted by atomic mass is 79.9. The van der Waals surface area contributed by atoms with Crippen LogP contribution in [0.2, 0.25) is 0 Å². The van der Waals surface area contributed by atoms with E-state index in [4.69, 9.17) is 9.47 Å². The Bertz CT molecular complexity index is 940. The van der Waals surface area contributed by atoms with Crippen molar-refractivity contribution in [1.29, 1.82) is 0 Å². The lowest BCUT2D eigenvalue weighted by Gasteiger charge is -2.47. The van der Waals surface area contributed by atoms with Gasteiger partial charge in [0.25, 0.3) is 0 Å². The van der Waals surface area contributed by atoms with E-state index in [9.17, 15) is 9.90 Å². The van der Waals surface area contributed by atoms with Gasteiger partial charge in [-0.1, -0.05) is 41.6 Å². The van der Waals surface area contributed by atoms with Crippen LogP contribution < -0.4 is 0 Å². The molecular weight excluding hydrogens is 468 g/mol. The number of hydrogen-bond donors (Lipinski definition) is 1. The molecule has 2 fully saturated rings. The number of halogens is 1. The number of allylic oxidation sites excluding steroid dienone is 1. The van der Waals surface area contributed by atoms with Crippen LogP contribution in [0.1, 0.15) is 75.2 Å². The first-order chi connectivity index (χ1) is 15.0. The fourth-order valence-electron chi connectivity index (χ4n) is 5.64. The quantitative estimate of drug-likeness (QED) is 0.206. The van der Waals surface area contributed by atoms with Crippen LogP contribution in [0.4, 0.5) is 0 Å². The highest BCUT2D eigenvalue weighted by molar-refractivity contribution is 9.09. The molecule has 0 spiro atoms. The first-order valence-corrected chi connectivity index (χ1v) is 12.6. The number of cyclic esters (lactones) is 1. The van der Waals surface area contributed by atoms with Gasteiger partial charge in [-0.2, -0.15) is 0 Å². The highest BCUT2D eigenvalue weighted by Gasteiger charge is 2.53. The number of fused-ring (bicyclic) bond motifs is 4. The Balaban J connectivity index is 1.72. The Kier molecular flexibility index (Phi) is 6.36. The van der Waals surface area contributed by atoms with Crippen LogP contribution in [0, 0.1) is 11.3 Å². The maximum atomic E-state index is 13.0. The summed E-state index contributed by atoms with van der Waals surface area (Å²) in [5.74, 6) is 0.0412. The van der Waals surface area contributed by atoms with E-state index in [0.717, 1.165) is 43.2 Å². The molecule has 4 nitrogen and oxygen atoms in total. The van der Waals surface area contributed by atoms with Gasteiger partial charge >= 0.3 is 5.97 Å². The van der Waals surface area contributed by atoms with Gasteiger partial charge in [0.15, 0.2) is 0 Å². The van der Waals surface area contributed by atoms with E-state index in [1.165, 1.54) is 5.57 Å². The largest absolute Gasteiger partial charge is 0.508 e. The number of carbonyl (C=O) groups is 1. The van der Waals surface area contributed by atoms with Crippen LogP contribution >= 0.6 is 15.9 Å². The van der Waals surface area contributed by atoms with Gasteiger partial charge in [-0.15, -0.1) is 0 Å². The van der Waals surface area contributed by atoms with E-state index in [2.05, 4.69) is 42.9 Å². The second kappa shape index (κ2) is 8.64. The molecule has 5 heteroatoms. The minimum atomic E-state index is -0.379. The van der Waals surface area contributed by atoms with Crippen LogP contribution in [0.25, 0.3) is 0 Å². The van der Waals surface area contributed by atoms with Crippen LogP contribution in [0.15, 0.2) is 42.5 Å². The summed E-state index contributed by atoms with van der Waals surface area (Å²) in [5, 5.41) is 10.6. The van der Waals surface area contributed by atoms with E-state index < -0.39 is 0 Å². The molecule has 1 aromatic carbocycles. The summed E-state index contributed by atoms with van der Waals surface area (Å²) in [7, 11) is 0. The summed E-state index contributed by atoms with van der Waals surface area (Å²) in [6.07, 6.45) is 6.08. The molecule has 1 aliphatic carbocycles. The fraction of sp³-hybridized carbons (Fsp3) is 0.593. The second-order valence-corrected chi connectivity index (χ2v) is 11.6. The van der Waals surface area contributed by atoms with Crippen molar-refractivity contribution in [3.63, 3.8) is 0 Å².